The molecule has 10 bridgehead atoms. The zero-order valence-electron chi connectivity index (χ0n) is 29.6. The minimum Gasteiger partial charge on any atom is -0.497 e. The second kappa shape index (κ2) is 14.8. The molecule has 11 rings (SSSR count). The number of hydrogen-bond donors (Lipinski definition) is 0. The van der Waals surface area contributed by atoms with Crippen LogP contribution in [0.3, 0.4) is 0 Å². The van der Waals surface area contributed by atoms with Gasteiger partial charge in [0.15, 0.2) is 23.1 Å². The predicted octanol–water partition coefficient (Wildman–Crippen LogP) is 5.45. The zero-order valence-corrected chi connectivity index (χ0v) is 29.6. The molecule has 9 aliphatic carbocycles. The maximum Gasteiger partial charge on any atom is 0.182 e. The van der Waals surface area contributed by atoms with E-state index in [1.54, 1.807) is 41.6 Å². The molecule has 0 N–H and O–H groups in total. The van der Waals surface area contributed by atoms with E-state index < -0.39 is 6.10 Å². The molecule has 0 aromatic heterocycles. The average Bonchev–Trinajstić information content (AvgIpc) is 3.12. The van der Waals surface area contributed by atoms with Gasteiger partial charge in [-0.15, -0.1) is 0 Å². The molecular weight excluding hydrogens is 652 g/mol. The van der Waals surface area contributed by atoms with Crippen LogP contribution in [0, 0.1) is 0 Å². The number of carbonyl (C=O) groups excluding carboxylic acids is 4. The molecule has 2 aromatic rings. The molecule has 264 valence electrons. The molecule has 0 fully saturated rings. The molecule has 51 heavy (non-hydrogen) atoms. The molecule has 0 saturated carbocycles. The third kappa shape index (κ3) is 7.09. The van der Waals surface area contributed by atoms with Gasteiger partial charge in [-0.05, 0) is 65.8 Å². The third-order valence-corrected chi connectivity index (χ3v) is 9.81. The lowest BCUT2D eigenvalue weighted by Crippen LogP contribution is -2.24. The van der Waals surface area contributed by atoms with E-state index in [1.807, 2.05) is 24.3 Å². The number of allylic oxidation sites excluding steroid dienone is 9. The molecule has 0 spiro atoms. The highest BCUT2D eigenvalue weighted by atomic mass is 16.5. The summed E-state index contributed by atoms with van der Waals surface area (Å²) in [6.07, 6.45) is 8.35. The fourth-order valence-corrected chi connectivity index (χ4v) is 7.09. The monoisotopic (exact) mass is 692 g/mol. The average molecular weight is 693 g/mol. The van der Waals surface area contributed by atoms with Crippen LogP contribution >= 0.6 is 0 Å². The van der Waals surface area contributed by atoms with Crippen LogP contribution in [-0.2, 0) is 47.9 Å². The smallest absolute Gasteiger partial charge is 0.182 e. The first-order valence-corrected chi connectivity index (χ1v) is 16.6. The van der Waals surface area contributed by atoms with Crippen molar-refractivity contribution in [1.29, 1.82) is 0 Å². The van der Waals surface area contributed by atoms with Crippen LogP contribution in [0.2, 0.25) is 0 Å². The van der Waals surface area contributed by atoms with Gasteiger partial charge in [0.05, 0.1) is 41.7 Å². The van der Waals surface area contributed by atoms with Crippen molar-refractivity contribution in [1.82, 2.24) is 0 Å². The summed E-state index contributed by atoms with van der Waals surface area (Å²) in [5.74, 6) is 1.61. The lowest BCUT2D eigenvalue weighted by atomic mass is 9.83. The van der Waals surface area contributed by atoms with E-state index in [2.05, 4.69) is 0 Å². The van der Waals surface area contributed by atoms with Gasteiger partial charge in [-0.3, -0.25) is 19.2 Å². The van der Waals surface area contributed by atoms with Crippen molar-refractivity contribution in [2.45, 2.75) is 44.6 Å². The van der Waals surface area contributed by atoms with Crippen LogP contribution in [0.5, 0.6) is 23.0 Å². The highest BCUT2D eigenvalue weighted by molar-refractivity contribution is 6.21. The van der Waals surface area contributed by atoms with Crippen molar-refractivity contribution in [2.75, 3.05) is 42.7 Å². The topological polar surface area (TPSA) is 124 Å². The van der Waals surface area contributed by atoms with E-state index in [0.717, 1.165) is 22.3 Å². The summed E-state index contributed by atoms with van der Waals surface area (Å²) in [4.78, 5) is 53.9. The summed E-state index contributed by atoms with van der Waals surface area (Å²) in [5.41, 5.74) is 5.82. The Morgan fingerprint density at radius 3 is 1.20 bits per heavy atom. The number of ether oxygens (including phenoxy) is 6. The lowest BCUT2D eigenvalue weighted by Gasteiger charge is -2.28. The van der Waals surface area contributed by atoms with Gasteiger partial charge in [-0.1, -0.05) is 0 Å². The second-order valence-electron chi connectivity index (χ2n) is 12.8. The molecular formula is C41H40O10. The number of fused-ring (bicyclic) bond motifs is 5. The molecule has 1 unspecified atom stereocenters. The van der Waals surface area contributed by atoms with Gasteiger partial charge in [0.1, 0.15) is 28.8 Å². The fraction of sp³-hybridized carbons (Fsp3) is 0.317. The summed E-state index contributed by atoms with van der Waals surface area (Å²) in [6, 6.07) is 7.34. The maximum atomic E-state index is 13.5. The molecule has 9 aliphatic rings. The van der Waals surface area contributed by atoms with E-state index in [1.165, 1.54) is 31.4 Å². The van der Waals surface area contributed by atoms with Gasteiger partial charge >= 0.3 is 0 Å². The van der Waals surface area contributed by atoms with Crippen molar-refractivity contribution in [3.05, 3.63) is 116 Å². The Bertz CT molecular complexity index is 2030. The Kier molecular flexibility index (Phi) is 10.2. The van der Waals surface area contributed by atoms with Crippen LogP contribution in [0.15, 0.2) is 93.8 Å². The molecule has 0 radical (unpaired) electrons. The van der Waals surface area contributed by atoms with Crippen molar-refractivity contribution in [3.8, 4) is 23.0 Å². The molecule has 2 aromatic carbocycles. The maximum absolute atomic E-state index is 13.5. The minimum absolute atomic E-state index is 0.159. The van der Waals surface area contributed by atoms with E-state index in [4.69, 9.17) is 28.4 Å². The summed E-state index contributed by atoms with van der Waals surface area (Å²) in [6.45, 7) is 0. The third-order valence-electron chi connectivity index (χ3n) is 9.81. The van der Waals surface area contributed by atoms with Gasteiger partial charge in [-0.25, -0.2) is 0 Å². The van der Waals surface area contributed by atoms with Gasteiger partial charge in [0.2, 0.25) is 0 Å². The Balaban J connectivity index is 1.49. The summed E-state index contributed by atoms with van der Waals surface area (Å²) in [7, 11) is 9.32. The molecule has 0 saturated heterocycles. The Labute approximate surface area is 296 Å². The van der Waals surface area contributed by atoms with Crippen molar-refractivity contribution < 1.29 is 47.6 Å². The first-order valence-electron chi connectivity index (χ1n) is 16.6. The van der Waals surface area contributed by atoms with Crippen LogP contribution < -0.4 is 18.9 Å². The molecule has 0 heterocycles. The Morgan fingerprint density at radius 1 is 0.451 bits per heavy atom. The molecule has 1 atom stereocenters. The van der Waals surface area contributed by atoms with Crippen LogP contribution in [0.25, 0.3) is 0 Å². The number of carbonyl (C=O) groups is 4. The summed E-state index contributed by atoms with van der Waals surface area (Å²) in [5, 5.41) is 0. The first-order chi connectivity index (χ1) is 24.6. The SMILES string of the molecule is COC1=C2CC3=CC(=O)C(=CC3=O)Cc3cc(OC)c(cc3OC)Cc3cc(OC)c(cc3OC)CC3=CC(=O)C(=CC3=O)CC(=C1)C(OC)C2. The molecule has 0 amide bonds. The second-order valence-corrected chi connectivity index (χ2v) is 12.8. The van der Waals surface area contributed by atoms with Gasteiger partial charge in [0, 0.05) is 90.2 Å². The van der Waals surface area contributed by atoms with Gasteiger partial charge < -0.3 is 28.4 Å². The number of rotatable bonds is 6. The largest absolute Gasteiger partial charge is 0.497 e. The van der Waals surface area contributed by atoms with Gasteiger partial charge in [0.25, 0.3) is 0 Å². The highest BCUT2D eigenvalue weighted by Gasteiger charge is 2.31. The van der Waals surface area contributed by atoms with Crippen LogP contribution in [-0.4, -0.2) is 71.9 Å². The van der Waals surface area contributed by atoms with Gasteiger partial charge in [-0.2, -0.15) is 0 Å². The normalized spacial score (nSPS) is 19.3. The first kappa shape index (κ1) is 35.3. The van der Waals surface area contributed by atoms with E-state index in [9.17, 15) is 19.2 Å². The van der Waals surface area contributed by atoms with E-state index in [0.29, 0.717) is 75.0 Å². The molecule has 10 heteroatoms. The summed E-state index contributed by atoms with van der Waals surface area (Å²) < 4.78 is 34.7. The standard InChI is InChI=1S/C41H40O10/c1-46-36-16-27-8-23-13-35(45)25(15-33(23)43)10-29-19-41(51-6)31(21-39(29)49-4)11-30-20-38(48-3)28(18-40(30)50-5)9-24-14-32(42)22(12-34(24)44)7-26(36)17-37(27)47-2/h12-16,18-21,37H,7-11,17H2,1-6H3. The molecule has 10 nitrogen and oxygen atoms in total. The Morgan fingerprint density at radius 2 is 0.824 bits per heavy atom. The van der Waals surface area contributed by atoms with Crippen LogP contribution in [0.4, 0.5) is 0 Å². The quantitative estimate of drug-likeness (QED) is 0.362. The number of methoxy groups -OCH3 is 6. The number of hydrogen-bond acceptors (Lipinski definition) is 10. The van der Waals surface area contributed by atoms with Crippen LogP contribution in [0.1, 0.15) is 41.5 Å². The highest BCUT2D eigenvalue weighted by Crippen LogP contribution is 2.39. The fourth-order valence-electron chi connectivity index (χ4n) is 7.09. The van der Waals surface area contributed by atoms with E-state index in [-0.39, 0.29) is 48.8 Å². The molecule has 0 aliphatic heterocycles. The summed E-state index contributed by atoms with van der Waals surface area (Å²) >= 11 is 0. The number of ketones is 4. The number of benzene rings is 2. The predicted molar refractivity (Wildman–Crippen MR) is 188 cm³/mol. The zero-order chi connectivity index (χ0) is 36.4. The lowest BCUT2D eigenvalue weighted by molar-refractivity contribution is -0.115. The van der Waals surface area contributed by atoms with Crippen molar-refractivity contribution in [2.24, 2.45) is 0 Å². The van der Waals surface area contributed by atoms with Crippen molar-refractivity contribution >= 4 is 23.1 Å². The van der Waals surface area contributed by atoms with E-state index >= 15 is 0 Å². The Hall–Kier alpha value is -5.48. The minimum atomic E-state index is -0.440. The van der Waals surface area contributed by atoms with Crippen molar-refractivity contribution in [3.63, 3.8) is 0 Å².